The molecular formula is C27H24BrClN4O7. The van der Waals surface area contributed by atoms with Gasteiger partial charge in [-0.2, -0.15) is 5.10 Å². The number of hydrazone groups is 1. The van der Waals surface area contributed by atoms with Gasteiger partial charge in [-0.05, 0) is 75.9 Å². The fraction of sp³-hybridized carbons (Fsp3) is 0.185. The van der Waals surface area contributed by atoms with Crippen molar-refractivity contribution in [2.24, 2.45) is 5.10 Å². The van der Waals surface area contributed by atoms with Crippen molar-refractivity contribution in [2.75, 3.05) is 25.8 Å². The van der Waals surface area contributed by atoms with Crippen molar-refractivity contribution in [3.05, 3.63) is 74.7 Å². The van der Waals surface area contributed by atoms with Crippen LogP contribution in [-0.2, 0) is 20.9 Å². The zero-order chi connectivity index (χ0) is 28.6. The molecule has 0 bridgehead atoms. The Bertz CT molecular complexity index is 1480. The molecule has 11 nitrogen and oxygen atoms in total. The number of amides is 3. The summed E-state index contributed by atoms with van der Waals surface area (Å²) in [6.45, 7) is 1.83. The molecule has 3 N–H and O–H groups in total. The van der Waals surface area contributed by atoms with Gasteiger partial charge in [0.25, 0.3) is 5.91 Å². The molecule has 3 aromatic rings. The van der Waals surface area contributed by atoms with E-state index in [0.717, 1.165) is 11.1 Å². The number of nitrogens with zero attached hydrogens (tertiary/aromatic N) is 1. The highest BCUT2D eigenvalue weighted by Crippen LogP contribution is 2.36. The minimum Gasteiger partial charge on any atom is -0.493 e. The van der Waals surface area contributed by atoms with E-state index in [0.29, 0.717) is 43.7 Å². The quantitative estimate of drug-likeness (QED) is 0.185. The van der Waals surface area contributed by atoms with Crippen molar-refractivity contribution in [1.82, 2.24) is 10.7 Å². The molecule has 208 valence electrons. The van der Waals surface area contributed by atoms with Crippen LogP contribution in [0.1, 0.15) is 16.7 Å². The first-order valence-corrected chi connectivity index (χ1v) is 13.0. The Morgan fingerprint density at radius 3 is 2.67 bits per heavy atom. The SMILES string of the molecule is COc1cc(/C=N\NC(=O)C(=O)NCc2ccc3c(c2)OCO3)cc(Br)c1OCC(=O)Nc1cc(Cl)ccc1C. The lowest BCUT2D eigenvalue weighted by molar-refractivity contribution is -0.139. The number of carbonyl (C=O) groups excluding carboxylic acids is 3. The molecule has 0 atom stereocenters. The van der Waals surface area contributed by atoms with Gasteiger partial charge in [0, 0.05) is 17.3 Å². The third-order valence-corrected chi connectivity index (χ3v) is 6.37. The second kappa shape index (κ2) is 13.2. The third-order valence-electron chi connectivity index (χ3n) is 5.55. The van der Waals surface area contributed by atoms with E-state index in [1.807, 2.05) is 6.92 Å². The average Bonchev–Trinajstić information content (AvgIpc) is 3.40. The highest BCUT2D eigenvalue weighted by molar-refractivity contribution is 9.10. The summed E-state index contributed by atoms with van der Waals surface area (Å²) in [5, 5.41) is 9.60. The van der Waals surface area contributed by atoms with Gasteiger partial charge < -0.3 is 29.6 Å². The van der Waals surface area contributed by atoms with Crippen LogP contribution in [0.5, 0.6) is 23.0 Å². The van der Waals surface area contributed by atoms with Crippen LogP contribution >= 0.6 is 27.5 Å². The number of nitrogens with one attached hydrogen (secondary N) is 3. The van der Waals surface area contributed by atoms with E-state index in [2.05, 4.69) is 37.1 Å². The molecule has 0 aliphatic carbocycles. The van der Waals surface area contributed by atoms with Crippen LogP contribution in [-0.4, -0.2) is 44.4 Å². The van der Waals surface area contributed by atoms with Crippen LogP contribution in [0.15, 0.2) is 58.1 Å². The minimum atomic E-state index is -0.941. The van der Waals surface area contributed by atoms with E-state index >= 15 is 0 Å². The van der Waals surface area contributed by atoms with Crippen molar-refractivity contribution in [3.8, 4) is 23.0 Å². The molecule has 1 aliphatic heterocycles. The van der Waals surface area contributed by atoms with Crippen molar-refractivity contribution in [2.45, 2.75) is 13.5 Å². The van der Waals surface area contributed by atoms with Crippen LogP contribution in [0.25, 0.3) is 0 Å². The summed E-state index contributed by atoms with van der Waals surface area (Å²) in [4.78, 5) is 36.7. The van der Waals surface area contributed by atoms with Gasteiger partial charge in [-0.25, -0.2) is 5.43 Å². The summed E-state index contributed by atoms with van der Waals surface area (Å²) in [7, 11) is 1.44. The molecule has 0 radical (unpaired) electrons. The predicted octanol–water partition coefficient (Wildman–Crippen LogP) is 3.93. The molecule has 3 aromatic carbocycles. The van der Waals surface area contributed by atoms with Gasteiger partial charge in [-0.1, -0.05) is 23.7 Å². The Hall–Kier alpha value is -4.29. The maximum absolute atomic E-state index is 12.4. The number of methoxy groups -OCH3 is 1. The topological polar surface area (TPSA) is 137 Å². The van der Waals surface area contributed by atoms with Gasteiger partial charge in [0.05, 0.1) is 17.8 Å². The monoisotopic (exact) mass is 630 g/mol. The number of rotatable bonds is 9. The molecule has 0 saturated heterocycles. The highest BCUT2D eigenvalue weighted by atomic mass is 79.9. The summed E-state index contributed by atoms with van der Waals surface area (Å²) in [5.74, 6) is -0.369. The summed E-state index contributed by atoms with van der Waals surface area (Å²) < 4.78 is 22.1. The number of benzene rings is 3. The molecule has 0 aromatic heterocycles. The summed E-state index contributed by atoms with van der Waals surface area (Å²) in [6, 6.07) is 13.6. The van der Waals surface area contributed by atoms with Crippen LogP contribution < -0.4 is 35.0 Å². The zero-order valence-electron chi connectivity index (χ0n) is 21.4. The second-order valence-electron chi connectivity index (χ2n) is 8.40. The van der Waals surface area contributed by atoms with Crippen molar-refractivity contribution >= 4 is 57.2 Å². The van der Waals surface area contributed by atoms with Gasteiger partial charge >= 0.3 is 11.8 Å². The molecule has 13 heteroatoms. The third kappa shape index (κ3) is 7.42. The van der Waals surface area contributed by atoms with Gasteiger partial charge in [0.1, 0.15) is 0 Å². The van der Waals surface area contributed by atoms with Crippen molar-refractivity contribution in [3.63, 3.8) is 0 Å². The Kier molecular flexibility index (Phi) is 9.46. The molecule has 1 aliphatic rings. The molecule has 3 amide bonds. The largest absolute Gasteiger partial charge is 0.493 e. The van der Waals surface area contributed by atoms with Gasteiger partial charge in [-0.3, -0.25) is 14.4 Å². The number of hydrogen-bond donors (Lipinski definition) is 3. The van der Waals surface area contributed by atoms with E-state index in [4.69, 9.17) is 30.5 Å². The average molecular weight is 632 g/mol. The van der Waals surface area contributed by atoms with E-state index in [-0.39, 0.29) is 25.9 Å². The minimum absolute atomic E-state index is 0.120. The molecule has 40 heavy (non-hydrogen) atoms. The Morgan fingerprint density at radius 1 is 1.07 bits per heavy atom. The maximum Gasteiger partial charge on any atom is 0.329 e. The van der Waals surface area contributed by atoms with Crippen molar-refractivity contribution < 1.29 is 33.3 Å². The van der Waals surface area contributed by atoms with Gasteiger partial charge in [-0.15, -0.1) is 0 Å². The first-order valence-electron chi connectivity index (χ1n) is 11.8. The highest BCUT2D eigenvalue weighted by Gasteiger charge is 2.17. The van der Waals surface area contributed by atoms with Gasteiger partial charge in [0.15, 0.2) is 29.6 Å². The summed E-state index contributed by atoms with van der Waals surface area (Å²) in [5.41, 5.74) is 4.88. The molecule has 1 heterocycles. The van der Waals surface area contributed by atoms with E-state index in [1.165, 1.54) is 13.3 Å². The second-order valence-corrected chi connectivity index (χ2v) is 9.69. The number of ether oxygens (including phenoxy) is 4. The molecule has 0 unspecified atom stereocenters. The predicted molar refractivity (Wildman–Crippen MR) is 151 cm³/mol. The number of fused-ring (bicyclic) bond motifs is 1. The van der Waals surface area contributed by atoms with Crippen LogP contribution in [0.4, 0.5) is 5.69 Å². The number of halogens is 2. The molecular weight excluding hydrogens is 608 g/mol. The van der Waals surface area contributed by atoms with E-state index < -0.39 is 11.8 Å². The van der Waals surface area contributed by atoms with Crippen LogP contribution in [0, 0.1) is 6.92 Å². The number of carbonyl (C=O) groups is 3. The normalized spacial score (nSPS) is 11.7. The molecule has 0 fully saturated rings. The summed E-state index contributed by atoms with van der Waals surface area (Å²) in [6.07, 6.45) is 1.33. The first kappa shape index (κ1) is 28.7. The fourth-order valence-corrected chi connectivity index (χ4v) is 4.28. The Balaban J connectivity index is 1.29. The first-order chi connectivity index (χ1) is 19.2. The van der Waals surface area contributed by atoms with Gasteiger partial charge in [0.2, 0.25) is 6.79 Å². The van der Waals surface area contributed by atoms with E-state index in [9.17, 15) is 14.4 Å². The maximum atomic E-state index is 12.4. The van der Waals surface area contributed by atoms with Crippen LogP contribution in [0.3, 0.4) is 0 Å². The number of anilines is 1. The van der Waals surface area contributed by atoms with Crippen LogP contribution in [0.2, 0.25) is 5.02 Å². The number of aryl methyl sites for hydroxylation is 1. The molecule has 4 rings (SSSR count). The zero-order valence-corrected chi connectivity index (χ0v) is 23.7. The molecule has 0 saturated carbocycles. The molecule has 0 spiro atoms. The van der Waals surface area contributed by atoms with Crippen molar-refractivity contribution in [1.29, 1.82) is 0 Å². The Labute approximate surface area is 242 Å². The van der Waals surface area contributed by atoms with E-state index in [1.54, 1.807) is 48.5 Å². The Morgan fingerprint density at radius 2 is 1.88 bits per heavy atom. The smallest absolute Gasteiger partial charge is 0.329 e. The fourth-order valence-electron chi connectivity index (χ4n) is 3.54. The lowest BCUT2D eigenvalue weighted by atomic mass is 10.2. The lowest BCUT2D eigenvalue weighted by Gasteiger charge is -2.14. The lowest BCUT2D eigenvalue weighted by Crippen LogP contribution is -2.37. The number of hydrogen-bond acceptors (Lipinski definition) is 8. The summed E-state index contributed by atoms with van der Waals surface area (Å²) >= 11 is 9.40. The standard InChI is InChI=1S/C27H24BrClN4O7/c1-15-3-5-18(29)10-20(15)32-24(34)13-38-25-19(28)7-17(9-23(25)37-2)12-31-33-27(36)26(35)30-11-16-4-6-21-22(8-16)40-14-39-21/h3-10,12H,11,13-14H2,1-2H3,(H,30,35)(H,32,34)(H,33,36)/b31-12-.